The van der Waals surface area contributed by atoms with Gasteiger partial charge in [-0.05, 0) is 41.8 Å². The molecule has 2 aromatic carbocycles. The highest BCUT2D eigenvalue weighted by atomic mass is 16.3. The van der Waals surface area contributed by atoms with Crippen LogP contribution in [-0.2, 0) is 6.42 Å². The van der Waals surface area contributed by atoms with Crippen LogP contribution in [0.1, 0.15) is 25.3 Å². The summed E-state index contributed by atoms with van der Waals surface area (Å²) in [6, 6.07) is 8.87. The SMILES string of the molecule is CCCCc1c(O)ccc2ccc(O)cc12. The van der Waals surface area contributed by atoms with Crippen molar-refractivity contribution < 1.29 is 10.2 Å². The van der Waals surface area contributed by atoms with Crippen molar-refractivity contribution in [3.63, 3.8) is 0 Å². The van der Waals surface area contributed by atoms with Crippen LogP contribution in [0.2, 0.25) is 0 Å². The molecule has 2 heteroatoms. The van der Waals surface area contributed by atoms with E-state index < -0.39 is 0 Å². The number of aromatic hydroxyl groups is 2. The number of hydrogen-bond acceptors (Lipinski definition) is 2. The zero-order valence-electron chi connectivity index (χ0n) is 9.40. The van der Waals surface area contributed by atoms with E-state index in [4.69, 9.17) is 0 Å². The Balaban J connectivity index is 2.58. The molecule has 84 valence electrons. The molecule has 0 bridgehead atoms. The third kappa shape index (κ3) is 1.96. The van der Waals surface area contributed by atoms with Gasteiger partial charge in [-0.3, -0.25) is 0 Å². The maximum absolute atomic E-state index is 9.84. The highest BCUT2D eigenvalue weighted by Gasteiger charge is 2.07. The molecule has 0 amide bonds. The highest BCUT2D eigenvalue weighted by molar-refractivity contribution is 5.88. The Hall–Kier alpha value is -1.70. The molecule has 2 rings (SSSR count). The number of phenolic OH excluding ortho intramolecular Hbond substituents is 2. The molecule has 0 aliphatic carbocycles. The molecule has 0 saturated carbocycles. The summed E-state index contributed by atoms with van der Waals surface area (Å²) in [5, 5.41) is 21.3. The standard InChI is InChI=1S/C14H16O2/c1-2-3-4-12-13-9-11(15)7-5-10(13)6-8-14(12)16/h5-9,15-16H,2-4H2,1H3. The number of rotatable bonds is 3. The number of unbranched alkanes of at least 4 members (excludes halogenated alkanes) is 1. The Morgan fingerprint density at radius 1 is 1.06 bits per heavy atom. The van der Waals surface area contributed by atoms with Gasteiger partial charge in [-0.15, -0.1) is 0 Å². The van der Waals surface area contributed by atoms with Crippen LogP contribution in [0.5, 0.6) is 11.5 Å². The fraction of sp³-hybridized carbons (Fsp3) is 0.286. The zero-order chi connectivity index (χ0) is 11.5. The topological polar surface area (TPSA) is 40.5 Å². The van der Waals surface area contributed by atoms with E-state index in [1.165, 1.54) is 0 Å². The minimum atomic E-state index is 0.246. The molecule has 0 unspecified atom stereocenters. The maximum Gasteiger partial charge on any atom is 0.119 e. The van der Waals surface area contributed by atoms with Gasteiger partial charge in [0.25, 0.3) is 0 Å². The van der Waals surface area contributed by atoms with Crippen LogP contribution < -0.4 is 0 Å². The van der Waals surface area contributed by atoms with E-state index in [1.807, 2.05) is 12.1 Å². The van der Waals surface area contributed by atoms with E-state index in [1.54, 1.807) is 18.2 Å². The van der Waals surface area contributed by atoms with Crippen molar-refractivity contribution in [2.24, 2.45) is 0 Å². The van der Waals surface area contributed by atoms with Crippen molar-refractivity contribution in [3.8, 4) is 11.5 Å². The Bertz CT molecular complexity index is 498. The van der Waals surface area contributed by atoms with E-state index in [0.29, 0.717) is 5.75 Å². The van der Waals surface area contributed by atoms with E-state index in [-0.39, 0.29) is 5.75 Å². The molecule has 0 heterocycles. The summed E-state index contributed by atoms with van der Waals surface area (Å²) >= 11 is 0. The Morgan fingerprint density at radius 3 is 2.56 bits per heavy atom. The summed E-state index contributed by atoms with van der Waals surface area (Å²) in [7, 11) is 0. The molecule has 0 atom stereocenters. The highest BCUT2D eigenvalue weighted by Crippen LogP contribution is 2.30. The Labute approximate surface area is 95.2 Å². The van der Waals surface area contributed by atoms with Gasteiger partial charge in [-0.1, -0.05) is 25.5 Å². The minimum absolute atomic E-state index is 0.246. The van der Waals surface area contributed by atoms with Crippen molar-refractivity contribution >= 4 is 10.8 Å². The molecule has 0 spiro atoms. The number of hydrogen-bond donors (Lipinski definition) is 2. The number of fused-ring (bicyclic) bond motifs is 1. The maximum atomic E-state index is 9.84. The van der Waals surface area contributed by atoms with Crippen LogP contribution >= 0.6 is 0 Å². The summed E-state index contributed by atoms with van der Waals surface area (Å²) < 4.78 is 0. The van der Waals surface area contributed by atoms with Gasteiger partial charge in [-0.2, -0.15) is 0 Å². The predicted molar refractivity (Wildman–Crippen MR) is 65.9 cm³/mol. The molecule has 2 nitrogen and oxygen atoms in total. The largest absolute Gasteiger partial charge is 0.508 e. The molecule has 0 aromatic heterocycles. The molecule has 16 heavy (non-hydrogen) atoms. The van der Waals surface area contributed by atoms with Crippen molar-refractivity contribution in [1.82, 2.24) is 0 Å². The lowest BCUT2D eigenvalue weighted by Crippen LogP contribution is -1.88. The molecular formula is C14H16O2. The lowest BCUT2D eigenvalue weighted by atomic mass is 9.99. The number of benzene rings is 2. The molecule has 2 N–H and O–H groups in total. The Kier molecular flexibility index (Phi) is 3.00. The van der Waals surface area contributed by atoms with E-state index >= 15 is 0 Å². The van der Waals surface area contributed by atoms with Crippen molar-refractivity contribution in [3.05, 3.63) is 35.9 Å². The summed E-state index contributed by atoms with van der Waals surface area (Å²) in [6.07, 6.45) is 2.99. The van der Waals surface area contributed by atoms with Crippen molar-refractivity contribution in [2.75, 3.05) is 0 Å². The second-order valence-corrected chi connectivity index (χ2v) is 4.07. The van der Waals surface area contributed by atoms with Gasteiger partial charge >= 0.3 is 0 Å². The summed E-state index contributed by atoms with van der Waals surface area (Å²) in [5.74, 6) is 0.572. The first-order chi connectivity index (χ1) is 7.72. The monoisotopic (exact) mass is 216 g/mol. The summed E-state index contributed by atoms with van der Waals surface area (Å²) in [4.78, 5) is 0. The molecule has 2 aromatic rings. The average Bonchev–Trinajstić information content (AvgIpc) is 2.28. The molecule has 0 fully saturated rings. The third-order valence-corrected chi connectivity index (χ3v) is 2.87. The molecule has 0 radical (unpaired) electrons. The van der Waals surface area contributed by atoms with Crippen molar-refractivity contribution in [1.29, 1.82) is 0 Å². The number of aryl methyl sites for hydroxylation is 1. The smallest absolute Gasteiger partial charge is 0.119 e. The van der Waals surface area contributed by atoms with Gasteiger partial charge in [0.1, 0.15) is 11.5 Å². The van der Waals surface area contributed by atoms with Crippen LogP contribution in [0.3, 0.4) is 0 Å². The van der Waals surface area contributed by atoms with Crippen LogP contribution in [0, 0.1) is 0 Å². The molecule has 0 aliphatic heterocycles. The van der Waals surface area contributed by atoms with Gasteiger partial charge in [0, 0.05) is 5.56 Å². The van der Waals surface area contributed by atoms with Crippen LogP contribution in [0.15, 0.2) is 30.3 Å². The number of phenols is 2. The third-order valence-electron chi connectivity index (χ3n) is 2.87. The van der Waals surface area contributed by atoms with Gasteiger partial charge < -0.3 is 10.2 Å². The molecule has 0 saturated heterocycles. The molecular weight excluding hydrogens is 200 g/mol. The fourth-order valence-corrected chi connectivity index (χ4v) is 1.97. The Morgan fingerprint density at radius 2 is 1.81 bits per heavy atom. The van der Waals surface area contributed by atoms with E-state index in [2.05, 4.69) is 6.92 Å². The molecule has 0 aliphatic rings. The summed E-state index contributed by atoms with van der Waals surface area (Å²) in [6.45, 7) is 2.12. The van der Waals surface area contributed by atoms with Gasteiger partial charge in [0.05, 0.1) is 0 Å². The van der Waals surface area contributed by atoms with Crippen molar-refractivity contribution in [2.45, 2.75) is 26.2 Å². The summed E-state index contributed by atoms with van der Waals surface area (Å²) in [5.41, 5.74) is 0.940. The fourth-order valence-electron chi connectivity index (χ4n) is 1.97. The zero-order valence-corrected chi connectivity index (χ0v) is 9.40. The minimum Gasteiger partial charge on any atom is -0.508 e. The normalized spacial score (nSPS) is 10.8. The lowest BCUT2D eigenvalue weighted by molar-refractivity contribution is 0.467. The van der Waals surface area contributed by atoms with Gasteiger partial charge in [0.15, 0.2) is 0 Å². The first-order valence-electron chi connectivity index (χ1n) is 5.66. The van der Waals surface area contributed by atoms with E-state index in [9.17, 15) is 10.2 Å². The van der Waals surface area contributed by atoms with Crippen LogP contribution in [-0.4, -0.2) is 10.2 Å². The van der Waals surface area contributed by atoms with E-state index in [0.717, 1.165) is 35.6 Å². The van der Waals surface area contributed by atoms with Gasteiger partial charge in [0.2, 0.25) is 0 Å². The average molecular weight is 216 g/mol. The second kappa shape index (κ2) is 4.44. The first-order valence-corrected chi connectivity index (χ1v) is 5.66. The first kappa shape index (κ1) is 10.8. The second-order valence-electron chi connectivity index (χ2n) is 4.07. The van der Waals surface area contributed by atoms with Crippen LogP contribution in [0.25, 0.3) is 10.8 Å². The predicted octanol–water partition coefficient (Wildman–Crippen LogP) is 3.59. The van der Waals surface area contributed by atoms with Crippen LogP contribution in [0.4, 0.5) is 0 Å². The van der Waals surface area contributed by atoms with Gasteiger partial charge in [-0.25, -0.2) is 0 Å². The quantitative estimate of drug-likeness (QED) is 0.823. The lowest BCUT2D eigenvalue weighted by Gasteiger charge is -2.09.